The largest absolute Gasteiger partial charge is 0.477 e. The molecule has 0 radical (unpaired) electrons. The van der Waals surface area contributed by atoms with E-state index in [0.29, 0.717) is 22.0 Å². The Labute approximate surface area is 174 Å². The van der Waals surface area contributed by atoms with E-state index in [1.807, 2.05) is 37.3 Å². The molecule has 2 heterocycles. The van der Waals surface area contributed by atoms with E-state index in [-0.39, 0.29) is 17.8 Å². The molecule has 0 aliphatic heterocycles. The highest BCUT2D eigenvalue weighted by Crippen LogP contribution is 2.32. The summed E-state index contributed by atoms with van der Waals surface area (Å²) in [5.41, 5.74) is 2.01. The molecule has 0 spiro atoms. The van der Waals surface area contributed by atoms with E-state index in [9.17, 15) is 14.7 Å². The van der Waals surface area contributed by atoms with Crippen LogP contribution in [0.15, 0.2) is 70.2 Å². The van der Waals surface area contributed by atoms with Crippen molar-refractivity contribution in [2.24, 2.45) is 0 Å². The van der Waals surface area contributed by atoms with Crippen molar-refractivity contribution in [1.29, 1.82) is 0 Å². The van der Waals surface area contributed by atoms with Crippen molar-refractivity contribution < 1.29 is 9.90 Å². The first-order valence-electron chi connectivity index (χ1n) is 8.88. The van der Waals surface area contributed by atoms with Gasteiger partial charge in [0, 0.05) is 21.6 Å². The number of pyridine rings is 1. The van der Waals surface area contributed by atoms with Crippen molar-refractivity contribution >= 4 is 32.7 Å². The van der Waals surface area contributed by atoms with Crippen molar-refractivity contribution in [2.75, 3.05) is 0 Å². The second-order valence-electron chi connectivity index (χ2n) is 6.63. The highest BCUT2D eigenvalue weighted by atomic mass is 79.9. The lowest BCUT2D eigenvalue weighted by molar-refractivity contribution is 0.0685. The van der Waals surface area contributed by atoms with Crippen LogP contribution in [0.25, 0.3) is 21.9 Å². The highest BCUT2D eigenvalue weighted by Gasteiger charge is 2.23. The molecule has 0 atom stereocenters. The van der Waals surface area contributed by atoms with Crippen LogP contribution in [0.1, 0.15) is 21.9 Å². The van der Waals surface area contributed by atoms with Crippen molar-refractivity contribution in [3.05, 3.63) is 92.8 Å². The van der Waals surface area contributed by atoms with Gasteiger partial charge in [-0.15, -0.1) is 0 Å². The Morgan fingerprint density at radius 1 is 1.07 bits per heavy atom. The number of aromatic nitrogens is 3. The first-order valence-corrected chi connectivity index (χ1v) is 9.67. The fraction of sp³-hybridized carbons (Fsp3) is 0.0909. The van der Waals surface area contributed by atoms with E-state index in [4.69, 9.17) is 0 Å². The van der Waals surface area contributed by atoms with E-state index in [1.54, 1.807) is 30.6 Å². The number of carboxylic acids is 1. The van der Waals surface area contributed by atoms with E-state index < -0.39 is 5.97 Å². The molecular weight excluding hydrogens is 434 g/mol. The lowest BCUT2D eigenvalue weighted by Crippen LogP contribution is -2.28. The number of carbonyl (C=O) groups is 1. The first kappa shape index (κ1) is 19.0. The topological polar surface area (TPSA) is 85.1 Å². The molecule has 29 heavy (non-hydrogen) atoms. The van der Waals surface area contributed by atoms with Gasteiger partial charge in [-0.1, -0.05) is 46.3 Å². The van der Waals surface area contributed by atoms with Gasteiger partial charge in [0.1, 0.15) is 5.69 Å². The van der Waals surface area contributed by atoms with Gasteiger partial charge < -0.3 is 5.11 Å². The van der Waals surface area contributed by atoms with Crippen LogP contribution < -0.4 is 5.56 Å². The Morgan fingerprint density at radius 2 is 1.83 bits per heavy atom. The minimum Gasteiger partial charge on any atom is -0.477 e. The number of rotatable bonds is 4. The second kappa shape index (κ2) is 7.60. The average Bonchev–Trinajstić information content (AvgIpc) is 2.71. The number of hydrogen-bond donors (Lipinski definition) is 1. The Bertz CT molecular complexity index is 1280. The maximum absolute atomic E-state index is 13.3. The predicted molar refractivity (Wildman–Crippen MR) is 114 cm³/mol. The van der Waals surface area contributed by atoms with E-state index in [1.165, 1.54) is 4.57 Å². The van der Waals surface area contributed by atoms with Gasteiger partial charge in [-0.05, 0) is 36.1 Å². The third-order valence-corrected chi connectivity index (χ3v) is 5.15. The monoisotopic (exact) mass is 449 g/mol. The molecular formula is C22H16BrN3O3. The molecule has 4 rings (SSSR count). The average molecular weight is 450 g/mol. The van der Waals surface area contributed by atoms with Gasteiger partial charge in [-0.2, -0.15) is 0 Å². The quantitative estimate of drug-likeness (QED) is 0.502. The fourth-order valence-electron chi connectivity index (χ4n) is 3.35. The second-order valence-corrected chi connectivity index (χ2v) is 7.54. The first-order chi connectivity index (χ1) is 14.0. The van der Waals surface area contributed by atoms with Crippen LogP contribution in [0.3, 0.4) is 0 Å². The molecule has 0 amide bonds. The van der Waals surface area contributed by atoms with Crippen LogP contribution in [-0.4, -0.2) is 25.6 Å². The Morgan fingerprint density at radius 3 is 2.48 bits per heavy atom. The zero-order chi connectivity index (χ0) is 20.5. The van der Waals surface area contributed by atoms with Gasteiger partial charge in [0.25, 0.3) is 5.56 Å². The lowest BCUT2D eigenvalue weighted by Gasteiger charge is -2.17. The Hall–Kier alpha value is -3.32. The third-order valence-electron chi connectivity index (χ3n) is 4.65. The van der Waals surface area contributed by atoms with E-state index >= 15 is 0 Å². The minimum atomic E-state index is -1.18. The number of aryl methyl sites for hydroxylation is 1. The maximum Gasteiger partial charge on any atom is 0.353 e. The zero-order valence-electron chi connectivity index (χ0n) is 15.5. The highest BCUT2D eigenvalue weighted by molar-refractivity contribution is 9.10. The van der Waals surface area contributed by atoms with Crippen LogP contribution in [0.2, 0.25) is 0 Å². The van der Waals surface area contributed by atoms with Crippen LogP contribution in [-0.2, 0) is 6.54 Å². The zero-order valence-corrected chi connectivity index (χ0v) is 17.0. The van der Waals surface area contributed by atoms with Crippen molar-refractivity contribution in [1.82, 2.24) is 14.5 Å². The molecule has 4 aromatic rings. The van der Waals surface area contributed by atoms with Crippen molar-refractivity contribution in [3.8, 4) is 11.1 Å². The molecule has 0 fully saturated rings. The molecule has 0 bridgehead atoms. The van der Waals surface area contributed by atoms with Gasteiger partial charge in [0.15, 0.2) is 0 Å². The summed E-state index contributed by atoms with van der Waals surface area (Å²) in [6.45, 7) is 1.83. The Kier molecular flexibility index (Phi) is 4.98. The van der Waals surface area contributed by atoms with E-state index in [0.717, 1.165) is 15.7 Å². The fourth-order valence-corrected chi connectivity index (χ4v) is 3.71. The lowest BCUT2D eigenvalue weighted by atomic mass is 9.96. The molecule has 0 unspecified atom stereocenters. The number of carboxylic acid groups (broad SMARTS) is 1. The summed E-state index contributed by atoms with van der Waals surface area (Å²) >= 11 is 3.43. The number of hydrogen-bond acceptors (Lipinski definition) is 4. The SMILES string of the molecule is Cc1cnc(Cn2c(C(=O)O)c(-c3ccccc3)c3cc(Br)ccc3c2=O)cn1. The summed E-state index contributed by atoms with van der Waals surface area (Å²) in [7, 11) is 0. The summed E-state index contributed by atoms with van der Waals surface area (Å²) in [5, 5.41) is 11.1. The number of halogens is 1. The molecule has 0 saturated carbocycles. The number of aromatic carboxylic acids is 1. The third kappa shape index (κ3) is 3.56. The summed E-state index contributed by atoms with van der Waals surface area (Å²) in [5.74, 6) is -1.18. The number of nitrogens with zero attached hydrogens (tertiary/aromatic N) is 3. The maximum atomic E-state index is 13.3. The molecule has 7 heteroatoms. The van der Waals surface area contributed by atoms with E-state index in [2.05, 4.69) is 25.9 Å². The molecule has 2 aromatic heterocycles. The molecule has 1 N–H and O–H groups in total. The van der Waals surface area contributed by atoms with Gasteiger partial charge >= 0.3 is 5.97 Å². The van der Waals surface area contributed by atoms with Crippen LogP contribution in [0.5, 0.6) is 0 Å². The molecule has 0 aliphatic carbocycles. The van der Waals surface area contributed by atoms with Gasteiger partial charge in [0.2, 0.25) is 0 Å². The smallest absolute Gasteiger partial charge is 0.353 e. The van der Waals surface area contributed by atoms with Crippen molar-refractivity contribution in [3.63, 3.8) is 0 Å². The summed E-state index contributed by atoms with van der Waals surface area (Å²) in [4.78, 5) is 34.1. The number of benzene rings is 2. The van der Waals surface area contributed by atoms with Crippen LogP contribution >= 0.6 is 15.9 Å². The molecule has 6 nitrogen and oxygen atoms in total. The minimum absolute atomic E-state index is 0.0135. The van der Waals surface area contributed by atoms with Crippen LogP contribution in [0.4, 0.5) is 0 Å². The van der Waals surface area contributed by atoms with Gasteiger partial charge in [-0.25, -0.2) is 4.79 Å². The van der Waals surface area contributed by atoms with Crippen LogP contribution in [0, 0.1) is 6.92 Å². The summed E-state index contributed by atoms with van der Waals surface area (Å²) in [6.07, 6.45) is 3.15. The normalized spacial score (nSPS) is 11.0. The molecule has 2 aromatic carbocycles. The predicted octanol–water partition coefficient (Wildman–Crippen LogP) is 4.28. The Balaban J connectivity index is 2.10. The molecule has 144 valence electrons. The number of fused-ring (bicyclic) bond motifs is 1. The summed E-state index contributed by atoms with van der Waals surface area (Å²) < 4.78 is 2.03. The summed E-state index contributed by atoms with van der Waals surface area (Å²) in [6, 6.07) is 14.5. The van der Waals surface area contributed by atoms with Gasteiger partial charge in [0.05, 0.1) is 24.1 Å². The molecule has 0 aliphatic rings. The standard InChI is InChI=1S/C22H16BrN3O3/c1-13-10-25-16(11-24-13)12-26-20(22(28)29)19(14-5-3-2-4-6-14)18-9-15(23)7-8-17(18)21(26)27/h2-11H,12H2,1H3,(H,28,29). The molecule has 0 saturated heterocycles. The van der Waals surface area contributed by atoms with Crippen molar-refractivity contribution in [2.45, 2.75) is 13.5 Å². The van der Waals surface area contributed by atoms with Gasteiger partial charge in [-0.3, -0.25) is 19.3 Å².